The van der Waals surface area contributed by atoms with Gasteiger partial charge in [-0.1, -0.05) is 20.8 Å². The van der Waals surface area contributed by atoms with Crippen LogP contribution in [0.2, 0.25) is 0 Å². The van der Waals surface area contributed by atoms with E-state index in [1.807, 2.05) is 6.07 Å². The molecule has 2 heterocycles. The highest BCUT2D eigenvalue weighted by Crippen LogP contribution is 2.42. The summed E-state index contributed by atoms with van der Waals surface area (Å²) >= 11 is 0. The zero-order valence-corrected chi connectivity index (χ0v) is 8.95. The molecule has 0 saturated heterocycles. The molecular weight excluding hydrogens is 176 g/mol. The van der Waals surface area contributed by atoms with Gasteiger partial charge < -0.3 is 4.74 Å². The molecule has 1 aromatic rings. The summed E-state index contributed by atoms with van der Waals surface area (Å²) in [5.74, 6) is 1.25. The van der Waals surface area contributed by atoms with Crippen LogP contribution in [-0.4, -0.2) is 16.8 Å². The van der Waals surface area contributed by atoms with Gasteiger partial charge in [-0.3, -0.25) is 0 Å². The highest BCUT2D eigenvalue weighted by molar-refractivity contribution is 5.30. The smallest absolute Gasteiger partial charge is 0.236 e. The third-order valence-electron chi connectivity index (χ3n) is 2.78. The largest absolute Gasteiger partial charge is 0.476 e. The number of nitrogens with zero attached hydrogens (tertiary/aromatic N) is 2. The Bertz CT molecular complexity index is 330. The summed E-state index contributed by atoms with van der Waals surface area (Å²) < 4.78 is 5.48. The summed E-state index contributed by atoms with van der Waals surface area (Å²) in [5.41, 5.74) is 1.47. The van der Waals surface area contributed by atoms with E-state index in [9.17, 15) is 0 Å². The van der Waals surface area contributed by atoms with Crippen molar-refractivity contribution in [2.45, 2.75) is 33.1 Å². The van der Waals surface area contributed by atoms with Crippen LogP contribution in [0.4, 0.5) is 0 Å². The summed E-state index contributed by atoms with van der Waals surface area (Å²) in [6, 6.07) is 2.03. The molecule has 0 saturated carbocycles. The first-order valence-corrected chi connectivity index (χ1v) is 5.03. The van der Waals surface area contributed by atoms with Gasteiger partial charge in [0.1, 0.15) is 0 Å². The van der Waals surface area contributed by atoms with Gasteiger partial charge >= 0.3 is 0 Å². The van der Waals surface area contributed by atoms with Crippen LogP contribution >= 0.6 is 0 Å². The zero-order chi connectivity index (χ0) is 10.2. The number of ether oxygens (including phenoxy) is 1. The van der Waals surface area contributed by atoms with Crippen LogP contribution in [-0.2, 0) is 0 Å². The molecule has 3 nitrogen and oxygen atoms in total. The zero-order valence-electron chi connectivity index (χ0n) is 8.95. The minimum Gasteiger partial charge on any atom is -0.476 e. The molecule has 1 unspecified atom stereocenters. The minimum atomic E-state index is 0.265. The van der Waals surface area contributed by atoms with Crippen LogP contribution in [0.25, 0.3) is 0 Å². The summed E-state index contributed by atoms with van der Waals surface area (Å²) in [6.45, 7) is 7.53. The molecule has 0 bridgehead atoms. The van der Waals surface area contributed by atoms with Crippen LogP contribution < -0.4 is 4.74 Å². The highest BCUT2D eigenvalue weighted by atomic mass is 16.5. The third-order valence-corrected chi connectivity index (χ3v) is 2.78. The number of hydrogen-bond donors (Lipinski definition) is 0. The fourth-order valence-electron chi connectivity index (χ4n) is 2.03. The molecule has 0 aliphatic carbocycles. The molecule has 1 aromatic heterocycles. The molecule has 1 atom stereocenters. The van der Waals surface area contributed by atoms with Crippen molar-refractivity contribution in [2.24, 2.45) is 5.41 Å². The second-order valence-corrected chi connectivity index (χ2v) is 4.85. The van der Waals surface area contributed by atoms with E-state index < -0.39 is 0 Å². The lowest BCUT2D eigenvalue weighted by Gasteiger charge is -2.34. The Hall–Kier alpha value is -1.12. The molecule has 1 aliphatic rings. The molecule has 76 valence electrons. The Kier molecular flexibility index (Phi) is 2.17. The average Bonchev–Trinajstić information content (AvgIpc) is 2.15. The lowest BCUT2D eigenvalue weighted by Crippen LogP contribution is -2.25. The van der Waals surface area contributed by atoms with Crippen LogP contribution in [0.3, 0.4) is 0 Å². The monoisotopic (exact) mass is 192 g/mol. The van der Waals surface area contributed by atoms with E-state index in [-0.39, 0.29) is 5.41 Å². The van der Waals surface area contributed by atoms with Gasteiger partial charge in [-0.15, -0.1) is 5.10 Å². The Morgan fingerprint density at radius 1 is 1.43 bits per heavy atom. The van der Waals surface area contributed by atoms with Crippen molar-refractivity contribution >= 4 is 0 Å². The van der Waals surface area contributed by atoms with Crippen molar-refractivity contribution in [1.82, 2.24) is 10.2 Å². The normalized spacial score (nSPS) is 21.2. The van der Waals surface area contributed by atoms with E-state index in [0.29, 0.717) is 5.92 Å². The maximum atomic E-state index is 5.48. The van der Waals surface area contributed by atoms with E-state index in [4.69, 9.17) is 4.74 Å². The van der Waals surface area contributed by atoms with Gasteiger partial charge in [-0.2, -0.15) is 5.10 Å². The standard InChI is InChI=1S/C11H16N2O/c1-11(2,3)9-5-7-14-10-8(9)4-6-12-13-10/h4,6,9H,5,7H2,1-3H3. The number of fused-ring (bicyclic) bond motifs is 1. The Morgan fingerprint density at radius 3 is 2.93 bits per heavy atom. The Balaban J connectivity index is 2.41. The van der Waals surface area contributed by atoms with Gasteiger partial charge in [0.15, 0.2) is 0 Å². The molecule has 14 heavy (non-hydrogen) atoms. The van der Waals surface area contributed by atoms with Crippen molar-refractivity contribution in [3.63, 3.8) is 0 Å². The topological polar surface area (TPSA) is 35.0 Å². The van der Waals surface area contributed by atoms with Crippen molar-refractivity contribution in [1.29, 1.82) is 0 Å². The van der Waals surface area contributed by atoms with Crippen LogP contribution in [0, 0.1) is 5.41 Å². The first-order valence-electron chi connectivity index (χ1n) is 5.03. The van der Waals surface area contributed by atoms with Crippen molar-refractivity contribution in [3.8, 4) is 5.88 Å². The van der Waals surface area contributed by atoms with Crippen LogP contribution in [0.1, 0.15) is 38.7 Å². The average molecular weight is 192 g/mol. The van der Waals surface area contributed by atoms with Gasteiger partial charge in [0.05, 0.1) is 12.8 Å². The molecule has 0 amide bonds. The Morgan fingerprint density at radius 2 is 2.21 bits per heavy atom. The first-order chi connectivity index (χ1) is 6.59. The SMILES string of the molecule is CC(C)(C)C1CCOc2nnccc21. The van der Waals surface area contributed by atoms with Crippen molar-refractivity contribution in [3.05, 3.63) is 17.8 Å². The summed E-state index contributed by atoms with van der Waals surface area (Å²) in [7, 11) is 0. The lowest BCUT2D eigenvalue weighted by atomic mass is 9.74. The van der Waals surface area contributed by atoms with Gasteiger partial charge in [-0.05, 0) is 23.8 Å². The predicted molar refractivity (Wildman–Crippen MR) is 54.3 cm³/mol. The van der Waals surface area contributed by atoms with Crippen molar-refractivity contribution < 1.29 is 4.74 Å². The van der Waals surface area contributed by atoms with E-state index in [2.05, 4.69) is 31.0 Å². The number of hydrogen-bond acceptors (Lipinski definition) is 3. The number of aromatic nitrogens is 2. The molecule has 0 aromatic carbocycles. The van der Waals surface area contributed by atoms with E-state index in [0.717, 1.165) is 18.9 Å². The van der Waals surface area contributed by atoms with E-state index in [1.165, 1.54) is 5.56 Å². The predicted octanol–water partition coefficient (Wildman–Crippen LogP) is 2.39. The molecule has 2 rings (SSSR count). The number of rotatable bonds is 0. The lowest BCUT2D eigenvalue weighted by molar-refractivity contribution is 0.195. The minimum absolute atomic E-state index is 0.265. The van der Waals surface area contributed by atoms with E-state index >= 15 is 0 Å². The van der Waals surface area contributed by atoms with Gasteiger partial charge in [0, 0.05) is 5.56 Å². The molecule has 0 fully saturated rings. The molecule has 0 N–H and O–H groups in total. The van der Waals surface area contributed by atoms with Gasteiger partial charge in [0.2, 0.25) is 5.88 Å². The maximum Gasteiger partial charge on any atom is 0.236 e. The maximum absolute atomic E-state index is 5.48. The fourth-order valence-corrected chi connectivity index (χ4v) is 2.03. The fraction of sp³-hybridized carbons (Fsp3) is 0.636. The van der Waals surface area contributed by atoms with Crippen molar-refractivity contribution in [2.75, 3.05) is 6.61 Å². The van der Waals surface area contributed by atoms with Gasteiger partial charge in [0.25, 0.3) is 0 Å². The first kappa shape index (κ1) is 9.44. The quantitative estimate of drug-likeness (QED) is 0.633. The summed E-state index contributed by atoms with van der Waals surface area (Å²) in [6.07, 6.45) is 2.81. The second-order valence-electron chi connectivity index (χ2n) is 4.85. The van der Waals surface area contributed by atoms with E-state index in [1.54, 1.807) is 6.20 Å². The second kappa shape index (κ2) is 3.23. The molecule has 0 radical (unpaired) electrons. The highest BCUT2D eigenvalue weighted by Gasteiger charge is 2.31. The molecule has 3 heteroatoms. The Labute approximate surface area is 84.5 Å². The summed E-state index contributed by atoms with van der Waals surface area (Å²) in [4.78, 5) is 0. The third kappa shape index (κ3) is 1.59. The van der Waals surface area contributed by atoms with Crippen LogP contribution in [0.15, 0.2) is 12.3 Å². The summed E-state index contributed by atoms with van der Waals surface area (Å²) in [5, 5.41) is 7.85. The van der Waals surface area contributed by atoms with Gasteiger partial charge in [-0.25, -0.2) is 0 Å². The van der Waals surface area contributed by atoms with Crippen LogP contribution in [0.5, 0.6) is 5.88 Å². The molecule has 1 aliphatic heterocycles. The molecule has 0 spiro atoms. The molecular formula is C11H16N2O.